The Morgan fingerprint density at radius 3 is 2.82 bits per heavy atom. The largest absolute Gasteiger partial charge is 0.324 e. The summed E-state index contributed by atoms with van der Waals surface area (Å²) in [5.41, 5.74) is 3.06. The van der Waals surface area contributed by atoms with E-state index < -0.39 is 0 Å². The lowest BCUT2D eigenvalue weighted by Crippen LogP contribution is -2.29. The number of nitrogens with zero attached hydrogens (tertiary/aromatic N) is 2. The molecule has 1 aromatic heterocycles. The molecule has 0 atom stereocenters. The van der Waals surface area contributed by atoms with Crippen LogP contribution < -0.4 is 10.0 Å². The molecule has 0 amide bonds. The molecule has 2 N–H and O–H groups in total. The van der Waals surface area contributed by atoms with Gasteiger partial charge in [-0.05, 0) is 42.6 Å². The van der Waals surface area contributed by atoms with Crippen molar-refractivity contribution in [3.05, 3.63) is 52.8 Å². The second-order valence-corrected chi connectivity index (χ2v) is 5.63. The van der Waals surface area contributed by atoms with Crippen LogP contribution in [0.5, 0.6) is 0 Å². The lowest BCUT2D eigenvalue weighted by molar-refractivity contribution is 0.980. The Labute approximate surface area is 140 Å². The predicted octanol–water partition coefficient (Wildman–Crippen LogP) is 4.65. The predicted molar refractivity (Wildman–Crippen MR) is 95.5 cm³/mol. The molecule has 6 heteroatoms. The molecule has 0 saturated carbocycles. The summed E-state index contributed by atoms with van der Waals surface area (Å²) in [5.74, 6) is 0.721. The zero-order chi connectivity index (χ0) is 15.9. The molecule has 2 heterocycles. The van der Waals surface area contributed by atoms with Crippen molar-refractivity contribution in [1.82, 2.24) is 9.71 Å². The Bertz CT molecular complexity index is 673. The van der Waals surface area contributed by atoms with Crippen LogP contribution in [0.4, 0.5) is 5.69 Å². The molecule has 1 aliphatic rings. The van der Waals surface area contributed by atoms with Crippen LogP contribution in [-0.2, 0) is 6.54 Å². The van der Waals surface area contributed by atoms with Gasteiger partial charge in [0.25, 0.3) is 0 Å². The molecule has 0 aliphatic carbocycles. The number of hydrogen-bond acceptors (Lipinski definition) is 3. The topological polar surface area (TPSA) is 49.3 Å². The number of nitrogens with one attached hydrogen (secondary N) is 2. The highest BCUT2D eigenvalue weighted by Gasteiger charge is 2.15. The van der Waals surface area contributed by atoms with Crippen LogP contribution in [0.25, 0.3) is 0 Å². The number of aromatic nitrogens is 1. The molecule has 116 valence electrons. The van der Waals surface area contributed by atoms with Crippen LogP contribution in [0.2, 0.25) is 5.02 Å². The summed E-state index contributed by atoms with van der Waals surface area (Å²) < 4.78 is 3.18. The van der Waals surface area contributed by atoms with Crippen molar-refractivity contribution in [2.45, 2.75) is 32.2 Å². The summed E-state index contributed by atoms with van der Waals surface area (Å²) in [6.07, 6.45) is 1.72. The fourth-order valence-electron chi connectivity index (χ4n) is 1.89. The molecule has 1 aliphatic heterocycles. The number of aryl methyl sites for hydroxylation is 1. The van der Waals surface area contributed by atoms with E-state index in [2.05, 4.69) is 39.1 Å². The number of anilines is 1. The van der Waals surface area contributed by atoms with Gasteiger partial charge in [0.15, 0.2) is 0 Å². The highest BCUT2D eigenvalue weighted by molar-refractivity contribution is 7.98. The fraction of sp³-hybridized carbons (Fsp3) is 0.250. The number of halogens is 1. The zero-order valence-corrected chi connectivity index (χ0v) is 14.4. The molecule has 0 fully saturated rings. The molecule has 0 unspecified atom stereocenters. The van der Waals surface area contributed by atoms with Gasteiger partial charge in [0, 0.05) is 6.20 Å². The highest BCUT2D eigenvalue weighted by Crippen LogP contribution is 2.31. The second-order valence-electron chi connectivity index (χ2n) is 4.37. The number of fused-ring (bicyclic) bond motifs is 1. The third kappa shape index (κ3) is 3.93. The lowest BCUT2D eigenvalue weighted by Gasteiger charge is -2.21. The number of guanidine groups is 1. The Kier molecular flexibility index (Phi) is 6.10. The van der Waals surface area contributed by atoms with Crippen LogP contribution in [0.1, 0.15) is 25.1 Å². The van der Waals surface area contributed by atoms with E-state index in [1.165, 1.54) is 10.5 Å². The standard InChI is InChI=1S/C14H13ClN4S.C2H6/c1-9-4-2-6-12-13(9)18-14(19-20-12)17-8-11-10(15)5-3-7-16-11;1-2/h2-7H,8H2,1H3,(H2,17,18,19);1-2H3. The van der Waals surface area contributed by atoms with Gasteiger partial charge in [-0.1, -0.05) is 37.6 Å². The van der Waals surface area contributed by atoms with Crippen LogP contribution in [0, 0.1) is 6.92 Å². The van der Waals surface area contributed by atoms with Crippen molar-refractivity contribution in [3.63, 3.8) is 0 Å². The third-order valence-corrected chi connectivity index (χ3v) is 4.16. The van der Waals surface area contributed by atoms with Crippen LogP contribution in [-0.4, -0.2) is 10.9 Å². The van der Waals surface area contributed by atoms with E-state index in [0.29, 0.717) is 11.6 Å². The van der Waals surface area contributed by atoms with Crippen molar-refractivity contribution in [1.29, 1.82) is 0 Å². The van der Waals surface area contributed by atoms with Crippen molar-refractivity contribution >= 4 is 35.2 Å². The summed E-state index contributed by atoms with van der Waals surface area (Å²) in [6, 6.07) is 9.82. The minimum Gasteiger partial charge on any atom is -0.324 e. The number of hydrogen-bond donors (Lipinski definition) is 2. The average molecular weight is 335 g/mol. The average Bonchev–Trinajstić information content (AvgIpc) is 2.56. The molecule has 2 aromatic rings. The van der Waals surface area contributed by atoms with Crippen LogP contribution in [0.3, 0.4) is 0 Å². The number of aliphatic imine (C=N–C) groups is 1. The SMILES string of the molecule is CC.Cc1cccc2c1NC(=NCc1ncccc1Cl)NS2. The molecular weight excluding hydrogens is 316 g/mol. The summed E-state index contributed by atoms with van der Waals surface area (Å²) in [7, 11) is 0. The minimum atomic E-state index is 0.441. The van der Waals surface area contributed by atoms with Gasteiger partial charge in [0.1, 0.15) is 0 Å². The van der Waals surface area contributed by atoms with Crippen molar-refractivity contribution in [3.8, 4) is 0 Å². The number of rotatable bonds is 2. The first kappa shape index (κ1) is 16.6. The number of pyridine rings is 1. The first-order chi connectivity index (χ1) is 10.7. The minimum absolute atomic E-state index is 0.441. The zero-order valence-electron chi connectivity index (χ0n) is 12.9. The molecule has 0 saturated heterocycles. The van der Waals surface area contributed by atoms with Crippen LogP contribution in [0.15, 0.2) is 46.4 Å². The van der Waals surface area contributed by atoms with Crippen LogP contribution >= 0.6 is 23.5 Å². The van der Waals surface area contributed by atoms with Gasteiger partial charge in [-0.25, -0.2) is 4.99 Å². The Morgan fingerprint density at radius 1 is 1.23 bits per heavy atom. The molecular formula is C16H19ClN4S. The first-order valence-corrected chi connectivity index (χ1v) is 8.37. The van der Waals surface area contributed by atoms with E-state index >= 15 is 0 Å². The lowest BCUT2D eigenvalue weighted by atomic mass is 10.2. The molecule has 3 rings (SSSR count). The Balaban J connectivity index is 0.000000847. The van der Waals surface area contributed by atoms with Gasteiger partial charge < -0.3 is 5.32 Å². The summed E-state index contributed by atoms with van der Waals surface area (Å²) in [6.45, 7) is 6.52. The molecule has 4 nitrogen and oxygen atoms in total. The van der Waals surface area contributed by atoms with Gasteiger partial charge in [-0.2, -0.15) is 0 Å². The third-order valence-electron chi connectivity index (χ3n) is 2.96. The Morgan fingerprint density at radius 2 is 2.05 bits per heavy atom. The van der Waals surface area contributed by atoms with Gasteiger partial charge in [0.2, 0.25) is 5.96 Å². The maximum absolute atomic E-state index is 6.07. The van der Waals surface area contributed by atoms with Crippen molar-refractivity contribution < 1.29 is 0 Å². The van der Waals surface area contributed by atoms with E-state index in [9.17, 15) is 0 Å². The van der Waals surface area contributed by atoms with Gasteiger partial charge in [-0.15, -0.1) is 0 Å². The van der Waals surface area contributed by atoms with Gasteiger partial charge in [0.05, 0.1) is 27.8 Å². The number of benzene rings is 1. The number of para-hydroxylation sites is 1. The molecule has 22 heavy (non-hydrogen) atoms. The summed E-state index contributed by atoms with van der Waals surface area (Å²) in [5, 5.41) is 3.94. The Hall–Kier alpha value is -1.72. The first-order valence-electron chi connectivity index (χ1n) is 7.17. The molecule has 0 bridgehead atoms. The molecule has 1 aromatic carbocycles. The summed E-state index contributed by atoms with van der Waals surface area (Å²) >= 11 is 7.62. The van der Waals surface area contributed by atoms with Crippen molar-refractivity contribution in [2.75, 3.05) is 5.32 Å². The van der Waals surface area contributed by atoms with E-state index in [1.807, 2.05) is 32.0 Å². The highest BCUT2D eigenvalue weighted by atomic mass is 35.5. The monoisotopic (exact) mass is 334 g/mol. The molecule has 0 spiro atoms. The van der Waals surface area contributed by atoms with Gasteiger partial charge >= 0.3 is 0 Å². The fourth-order valence-corrected chi connectivity index (χ4v) is 2.86. The van der Waals surface area contributed by atoms with E-state index in [1.54, 1.807) is 18.1 Å². The maximum Gasteiger partial charge on any atom is 0.206 e. The molecule has 0 radical (unpaired) electrons. The van der Waals surface area contributed by atoms with Crippen molar-refractivity contribution in [2.24, 2.45) is 4.99 Å². The smallest absolute Gasteiger partial charge is 0.206 e. The van der Waals surface area contributed by atoms with E-state index in [4.69, 9.17) is 11.6 Å². The van der Waals surface area contributed by atoms with E-state index in [0.717, 1.165) is 17.3 Å². The quantitative estimate of drug-likeness (QED) is 0.785. The second kappa shape index (κ2) is 8.06. The maximum atomic E-state index is 6.07. The normalized spacial score (nSPS) is 14.3. The summed E-state index contributed by atoms with van der Waals surface area (Å²) in [4.78, 5) is 9.87. The van der Waals surface area contributed by atoms with Gasteiger partial charge in [-0.3, -0.25) is 9.71 Å². The van der Waals surface area contributed by atoms with E-state index in [-0.39, 0.29) is 0 Å².